The fourth-order valence-corrected chi connectivity index (χ4v) is 3.52. The van der Waals surface area contributed by atoms with Crippen LogP contribution in [-0.4, -0.2) is 5.78 Å². The summed E-state index contributed by atoms with van der Waals surface area (Å²) in [5.41, 5.74) is 2.08. The minimum absolute atomic E-state index is 0.245. The van der Waals surface area contributed by atoms with Gasteiger partial charge < -0.3 is 0 Å². The molecule has 1 nitrogen and oxygen atoms in total. The number of benzene rings is 1. The Morgan fingerprint density at radius 3 is 2.44 bits per heavy atom. The largest absolute Gasteiger partial charge is 0.294 e. The first-order chi connectivity index (χ1) is 7.66. The predicted octanol–water partition coefficient (Wildman–Crippen LogP) is 4.57. The first kappa shape index (κ1) is 10.8. The van der Waals surface area contributed by atoms with Gasteiger partial charge in [-0.15, -0.1) is 0 Å². The molecule has 1 aromatic carbocycles. The topological polar surface area (TPSA) is 17.1 Å². The molecule has 0 radical (unpaired) electrons. The highest BCUT2D eigenvalue weighted by molar-refractivity contribution is 9.10. The van der Waals surface area contributed by atoms with E-state index in [1.807, 2.05) is 12.1 Å². The maximum absolute atomic E-state index is 12.3. The van der Waals surface area contributed by atoms with Gasteiger partial charge in [0.05, 0.1) is 5.02 Å². The molecular formula is C13H12BrClO. The average molecular weight is 300 g/mol. The standard InChI is InChI=1S/C13H12BrClO/c14-11-5-9-7-1-3-8(4-2-7)13(16)10(9)6-12(11)15/h5-8H,1-4H2. The van der Waals surface area contributed by atoms with Gasteiger partial charge in [0.15, 0.2) is 5.78 Å². The Morgan fingerprint density at radius 2 is 1.75 bits per heavy atom. The highest BCUT2D eigenvalue weighted by Crippen LogP contribution is 2.44. The van der Waals surface area contributed by atoms with Crippen LogP contribution in [0, 0.1) is 5.92 Å². The second-order valence-electron chi connectivity index (χ2n) is 4.77. The van der Waals surface area contributed by atoms with Gasteiger partial charge in [-0.05, 0) is 65.2 Å². The average Bonchev–Trinajstić information content (AvgIpc) is 2.49. The Labute approximate surface area is 108 Å². The number of hydrogen-bond acceptors (Lipinski definition) is 1. The molecule has 0 saturated heterocycles. The zero-order valence-electron chi connectivity index (χ0n) is 8.80. The molecule has 3 aliphatic rings. The van der Waals surface area contributed by atoms with E-state index < -0.39 is 0 Å². The Hall–Kier alpha value is -0.340. The van der Waals surface area contributed by atoms with Gasteiger partial charge in [-0.3, -0.25) is 4.79 Å². The summed E-state index contributed by atoms with van der Waals surface area (Å²) in [6, 6.07) is 3.90. The summed E-state index contributed by atoms with van der Waals surface area (Å²) < 4.78 is 0.908. The molecule has 4 rings (SSSR count). The van der Waals surface area contributed by atoms with Crippen LogP contribution in [0.3, 0.4) is 0 Å². The second-order valence-corrected chi connectivity index (χ2v) is 6.03. The molecule has 3 heteroatoms. The van der Waals surface area contributed by atoms with Crippen molar-refractivity contribution in [2.45, 2.75) is 31.6 Å². The molecule has 0 aromatic heterocycles. The zero-order valence-corrected chi connectivity index (χ0v) is 11.1. The van der Waals surface area contributed by atoms with Gasteiger partial charge in [-0.25, -0.2) is 0 Å². The molecular weight excluding hydrogens is 287 g/mol. The number of carbonyl (C=O) groups is 1. The lowest BCUT2D eigenvalue weighted by Gasteiger charge is -2.22. The van der Waals surface area contributed by atoms with Crippen LogP contribution in [0.4, 0.5) is 0 Å². The quantitative estimate of drug-likeness (QED) is 0.685. The smallest absolute Gasteiger partial charge is 0.166 e. The van der Waals surface area contributed by atoms with E-state index in [0.717, 1.165) is 35.7 Å². The number of halogens is 2. The molecule has 1 saturated carbocycles. The summed E-state index contributed by atoms with van der Waals surface area (Å²) in [7, 11) is 0. The van der Waals surface area contributed by atoms with Gasteiger partial charge in [0.2, 0.25) is 0 Å². The normalized spacial score (nSPS) is 27.8. The monoisotopic (exact) mass is 298 g/mol. The minimum atomic E-state index is 0.245. The van der Waals surface area contributed by atoms with Crippen molar-refractivity contribution in [2.24, 2.45) is 5.92 Å². The van der Waals surface area contributed by atoms with E-state index in [0.29, 0.717) is 16.7 Å². The first-order valence-corrected chi connectivity index (χ1v) is 6.87. The molecule has 0 atom stereocenters. The molecule has 0 heterocycles. The van der Waals surface area contributed by atoms with Crippen LogP contribution < -0.4 is 0 Å². The van der Waals surface area contributed by atoms with Gasteiger partial charge in [-0.2, -0.15) is 0 Å². The molecule has 3 aliphatic carbocycles. The number of ketones is 1. The lowest BCUT2D eigenvalue weighted by atomic mass is 9.82. The molecule has 0 amide bonds. The highest BCUT2D eigenvalue weighted by Gasteiger charge is 2.35. The Kier molecular flexibility index (Phi) is 2.60. The molecule has 0 aliphatic heterocycles. The van der Waals surface area contributed by atoms with Gasteiger partial charge >= 0.3 is 0 Å². The summed E-state index contributed by atoms with van der Waals surface area (Å²) in [4.78, 5) is 12.3. The third-order valence-electron chi connectivity index (χ3n) is 3.90. The molecule has 0 unspecified atom stereocenters. The van der Waals surface area contributed by atoms with Crippen molar-refractivity contribution < 1.29 is 4.79 Å². The van der Waals surface area contributed by atoms with Crippen LogP contribution in [0.5, 0.6) is 0 Å². The fourth-order valence-electron chi connectivity index (χ4n) is 3.00. The maximum atomic E-state index is 12.3. The number of hydrogen-bond donors (Lipinski definition) is 0. The molecule has 1 aromatic rings. The van der Waals surface area contributed by atoms with Crippen molar-refractivity contribution in [1.82, 2.24) is 0 Å². The molecule has 0 spiro atoms. The lowest BCUT2D eigenvalue weighted by molar-refractivity contribution is 0.0898. The van der Waals surface area contributed by atoms with Crippen molar-refractivity contribution in [2.75, 3.05) is 0 Å². The second kappa shape index (κ2) is 3.85. The van der Waals surface area contributed by atoms with E-state index in [2.05, 4.69) is 15.9 Å². The SMILES string of the molecule is O=C1c2cc(Cl)c(Br)cc2C2CCC1CC2. The van der Waals surface area contributed by atoms with E-state index in [1.54, 1.807) is 0 Å². The summed E-state index contributed by atoms with van der Waals surface area (Å²) in [5, 5.41) is 0.647. The van der Waals surface area contributed by atoms with Crippen molar-refractivity contribution in [3.63, 3.8) is 0 Å². The van der Waals surface area contributed by atoms with Crippen molar-refractivity contribution in [1.29, 1.82) is 0 Å². The third kappa shape index (κ3) is 1.54. The molecule has 84 valence electrons. The Bertz CT molecular complexity index is 461. The van der Waals surface area contributed by atoms with E-state index in [4.69, 9.17) is 11.6 Å². The van der Waals surface area contributed by atoms with Crippen LogP contribution in [0.25, 0.3) is 0 Å². The number of carbonyl (C=O) groups excluding carboxylic acids is 1. The number of Topliss-reactive ketones (excluding diaryl/α,β-unsaturated/α-hetero) is 1. The lowest BCUT2D eigenvalue weighted by Crippen LogP contribution is -2.15. The predicted molar refractivity (Wildman–Crippen MR) is 68.2 cm³/mol. The summed E-state index contributed by atoms with van der Waals surface area (Å²) in [5.74, 6) is 1.12. The minimum Gasteiger partial charge on any atom is -0.294 e. The zero-order chi connectivity index (χ0) is 11.3. The van der Waals surface area contributed by atoms with Crippen molar-refractivity contribution in [3.8, 4) is 0 Å². The summed E-state index contributed by atoms with van der Waals surface area (Å²) >= 11 is 9.53. The molecule has 0 N–H and O–H groups in total. The maximum Gasteiger partial charge on any atom is 0.166 e. The third-order valence-corrected chi connectivity index (χ3v) is 5.09. The highest BCUT2D eigenvalue weighted by atomic mass is 79.9. The summed E-state index contributed by atoms with van der Waals surface area (Å²) in [6.45, 7) is 0. The van der Waals surface area contributed by atoms with Gasteiger partial charge in [0.1, 0.15) is 0 Å². The molecule has 16 heavy (non-hydrogen) atoms. The van der Waals surface area contributed by atoms with Crippen molar-refractivity contribution in [3.05, 3.63) is 32.8 Å². The van der Waals surface area contributed by atoms with Crippen LogP contribution in [0.15, 0.2) is 16.6 Å². The Balaban J connectivity index is 2.22. The van der Waals surface area contributed by atoms with Crippen LogP contribution in [0.2, 0.25) is 5.02 Å². The molecule has 2 bridgehead atoms. The Morgan fingerprint density at radius 1 is 1.12 bits per heavy atom. The van der Waals surface area contributed by atoms with Gasteiger partial charge in [0.25, 0.3) is 0 Å². The van der Waals surface area contributed by atoms with Crippen LogP contribution in [0.1, 0.15) is 47.5 Å². The van der Waals surface area contributed by atoms with Gasteiger partial charge in [0, 0.05) is 16.0 Å². The first-order valence-electron chi connectivity index (χ1n) is 5.70. The van der Waals surface area contributed by atoms with Crippen LogP contribution >= 0.6 is 27.5 Å². The van der Waals surface area contributed by atoms with E-state index >= 15 is 0 Å². The van der Waals surface area contributed by atoms with E-state index in [1.165, 1.54) is 5.56 Å². The van der Waals surface area contributed by atoms with E-state index in [9.17, 15) is 4.79 Å². The van der Waals surface area contributed by atoms with E-state index in [-0.39, 0.29) is 5.92 Å². The fraction of sp³-hybridized carbons (Fsp3) is 0.462. The summed E-state index contributed by atoms with van der Waals surface area (Å²) in [6.07, 6.45) is 4.40. The molecule has 1 fully saturated rings. The van der Waals surface area contributed by atoms with Gasteiger partial charge in [-0.1, -0.05) is 11.6 Å². The van der Waals surface area contributed by atoms with Crippen molar-refractivity contribution >= 4 is 33.3 Å². The number of rotatable bonds is 0. The van der Waals surface area contributed by atoms with Crippen LogP contribution in [-0.2, 0) is 0 Å². The number of fused-ring (bicyclic) bond motifs is 2.